The summed E-state index contributed by atoms with van der Waals surface area (Å²) in [5, 5.41) is 0. The first-order valence-corrected chi connectivity index (χ1v) is 5.18. The standard InChI is InChI=1S/C12H14O3/c1-2-9-5-3-4-6-11(9)12(13)15-8-10-7-14-10/h3-6,10H,2,7-8H2,1H3. The third-order valence-electron chi connectivity index (χ3n) is 2.42. The molecule has 0 spiro atoms. The van der Waals surface area contributed by atoms with Gasteiger partial charge >= 0.3 is 5.97 Å². The van der Waals surface area contributed by atoms with E-state index in [1.54, 1.807) is 6.07 Å². The minimum absolute atomic E-state index is 0.128. The van der Waals surface area contributed by atoms with Crippen LogP contribution in [0.5, 0.6) is 0 Å². The number of carbonyl (C=O) groups is 1. The number of rotatable bonds is 4. The van der Waals surface area contributed by atoms with Crippen LogP contribution >= 0.6 is 0 Å². The first kappa shape index (κ1) is 10.2. The lowest BCUT2D eigenvalue weighted by molar-refractivity contribution is 0.0475. The maximum Gasteiger partial charge on any atom is 0.338 e. The van der Waals surface area contributed by atoms with Crippen LogP contribution in [0.25, 0.3) is 0 Å². The zero-order valence-corrected chi connectivity index (χ0v) is 8.73. The van der Waals surface area contributed by atoms with Gasteiger partial charge in [-0.3, -0.25) is 0 Å². The molecule has 1 aromatic carbocycles. The van der Waals surface area contributed by atoms with Crippen molar-refractivity contribution in [3.63, 3.8) is 0 Å². The zero-order valence-electron chi connectivity index (χ0n) is 8.73. The summed E-state index contributed by atoms with van der Waals surface area (Å²) in [5.41, 5.74) is 1.69. The van der Waals surface area contributed by atoms with Crippen LogP contribution in [0.1, 0.15) is 22.8 Å². The Bertz CT molecular complexity index is 356. The summed E-state index contributed by atoms with van der Waals surface area (Å²) in [4.78, 5) is 11.7. The fourth-order valence-corrected chi connectivity index (χ4v) is 1.44. The summed E-state index contributed by atoms with van der Waals surface area (Å²) in [6, 6.07) is 7.53. The molecule has 3 heteroatoms. The molecule has 0 N–H and O–H groups in total. The Morgan fingerprint density at radius 3 is 2.93 bits per heavy atom. The molecule has 1 aromatic rings. The lowest BCUT2D eigenvalue weighted by atomic mass is 10.1. The van der Waals surface area contributed by atoms with E-state index < -0.39 is 0 Å². The molecule has 1 aliphatic heterocycles. The van der Waals surface area contributed by atoms with Crippen molar-refractivity contribution in [1.82, 2.24) is 0 Å². The van der Waals surface area contributed by atoms with Crippen LogP contribution in [0.2, 0.25) is 0 Å². The number of hydrogen-bond acceptors (Lipinski definition) is 3. The fraction of sp³-hybridized carbons (Fsp3) is 0.417. The van der Waals surface area contributed by atoms with E-state index in [1.165, 1.54) is 0 Å². The molecule has 0 aromatic heterocycles. The summed E-state index contributed by atoms with van der Waals surface area (Å²) in [7, 11) is 0. The van der Waals surface area contributed by atoms with Gasteiger partial charge in [-0.2, -0.15) is 0 Å². The molecule has 15 heavy (non-hydrogen) atoms. The van der Waals surface area contributed by atoms with E-state index >= 15 is 0 Å². The van der Waals surface area contributed by atoms with Gasteiger partial charge in [0.25, 0.3) is 0 Å². The molecule has 1 unspecified atom stereocenters. The smallest absolute Gasteiger partial charge is 0.338 e. The van der Waals surface area contributed by atoms with Crippen molar-refractivity contribution < 1.29 is 14.3 Å². The molecule has 1 fully saturated rings. The Kier molecular flexibility index (Phi) is 3.02. The summed E-state index contributed by atoms with van der Waals surface area (Å²) >= 11 is 0. The van der Waals surface area contributed by atoms with Crippen molar-refractivity contribution in [2.45, 2.75) is 19.4 Å². The van der Waals surface area contributed by atoms with Crippen molar-refractivity contribution in [3.05, 3.63) is 35.4 Å². The first-order chi connectivity index (χ1) is 7.31. The molecule has 0 bridgehead atoms. The van der Waals surface area contributed by atoms with E-state index in [9.17, 15) is 4.79 Å². The molecule has 1 atom stereocenters. The number of esters is 1. The van der Waals surface area contributed by atoms with Crippen LogP contribution in [0, 0.1) is 0 Å². The van der Waals surface area contributed by atoms with Gasteiger partial charge in [-0.15, -0.1) is 0 Å². The van der Waals surface area contributed by atoms with E-state index in [0.29, 0.717) is 18.8 Å². The fourth-order valence-electron chi connectivity index (χ4n) is 1.44. The number of benzene rings is 1. The Labute approximate surface area is 89.0 Å². The SMILES string of the molecule is CCc1ccccc1C(=O)OCC1CO1. The minimum Gasteiger partial charge on any atom is -0.459 e. The quantitative estimate of drug-likeness (QED) is 0.557. The normalized spacial score (nSPS) is 18.6. The van der Waals surface area contributed by atoms with Crippen molar-refractivity contribution in [2.75, 3.05) is 13.2 Å². The second kappa shape index (κ2) is 4.45. The molecule has 0 amide bonds. The van der Waals surface area contributed by atoms with Gasteiger partial charge < -0.3 is 9.47 Å². The summed E-state index contributed by atoms with van der Waals surface area (Å²) < 4.78 is 10.1. The summed E-state index contributed by atoms with van der Waals surface area (Å²) in [5.74, 6) is -0.247. The Morgan fingerprint density at radius 2 is 2.27 bits per heavy atom. The Morgan fingerprint density at radius 1 is 1.53 bits per heavy atom. The van der Waals surface area contributed by atoms with Gasteiger partial charge in [-0.05, 0) is 18.1 Å². The van der Waals surface area contributed by atoms with Crippen LogP contribution < -0.4 is 0 Å². The largest absolute Gasteiger partial charge is 0.459 e. The van der Waals surface area contributed by atoms with E-state index in [1.807, 2.05) is 25.1 Å². The first-order valence-electron chi connectivity index (χ1n) is 5.18. The minimum atomic E-state index is -0.247. The van der Waals surface area contributed by atoms with Gasteiger partial charge in [0, 0.05) is 0 Å². The van der Waals surface area contributed by atoms with Gasteiger partial charge in [0.2, 0.25) is 0 Å². The molecule has 1 saturated heterocycles. The van der Waals surface area contributed by atoms with E-state index in [2.05, 4.69) is 0 Å². The molecule has 1 heterocycles. The number of carbonyl (C=O) groups excluding carboxylic acids is 1. The number of epoxide rings is 1. The van der Waals surface area contributed by atoms with E-state index in [4.69, 9.17) is 9.47 Å². The predicted molar refractivity (Wildman–Crippen MR) is 55.8 cm³/mol. The summed E-state index contributed by atoms with van der Waals surface area (Å²) in [6.45, 7) is 3.11. The molecule has 0 aliphatic carbocycles. The van der Waals surface area contributed by atoms with Gasteiger partial charge in [-0.25, -0.2) is 4.79 Å². The van der Waals surface area contributed by atoms with Crippen molar-refractivity contribution in [2.24, 2.45) is 0 Å². The van der Waals surface area contributed by atoms with E-state index in [0.717, 1.165) is 12.0 Å². The monoisotopic (exact) mass is 206 g/mol. The van der Waals surface area contributed by atoms with Crippen molar-refractivity contribution in [3.8, 4) is 0 Å². The highest BCUT2D eigenvalue weighted by Gasteiger charge is 2.24. The van der Waals surface area contributed by atoms with Gasteiger partial charge in [0.05, 0.1) is 12.2 Å². The third kappa shape index (κ3) is 2.57. The highest BCUT2D eigenvalue weighted by Crippen LogP contribution is 2.13. The number of hydrogen-bond donors (Lipinski definition) is 0. The Balaban J connectivity index is 2.02. The zero-order chi connectivity index (χ0) is 10.7. The maximum atomic E-state index is 11.7. The lowest BCUT2D eigenvalue weighted by Gasteiger charge is -2.06. The van der Waals surface area contributed by atoms with Crippen LogP contribution in [-0.2, 0) is 15.9 Å². The van der Waals surface area contributed by atoms with Crippen molar-refractivity contribution >= 4 is 5.97 Å². The maximum absolute atomic E-state index is 11.7. The molecule has 1 aliphatic rings. The second-order valence-electron chi connectivity index (χ2n) is 3.56. The average molecular weight is 206 g/mol. The number of aryl methyl sites for hydroxylation is 1. The van der Waals surface area contributed by atoms with Gasteiger partial charge in [0.15, 0.2) is 0 Å². The summed E-state index contributed by atoms with van der Waals surface area (Å²) in [6.07, 6.45) is 0.966. The van der Waals surface area contributed by atoms with Crippen LogP contribution in [0.3, 0.4) is 0 Å². The highest BCUT2D eigenvalue weighted by atomic mass is 16.6. The molecular weight excluding hydrogens is 192 g/mol. The highest BCUT2D eigenvalue weighted by molar-refractivity contribution is 5.91. The topological polar surface area (TPSA) is 38.8 Å². The molecule has 3 nitrogen and oxygen atoms in total. The molecule has 2 rings (SSSR count). The molecule has 0 saturated carbocycles. The number of ether oxygens (including phenoxy) is 2. The molecule has 0 radical (unpaired) electrons. The van der Waals surface area contributed by atoms with Crippen LogP contribution in [0.4, 0.5) is 0 Å². The third-order valence-corrected chi connectivity index (χ3v) is 2.42. The van der Waals surface area contributed by atoms with E-state index in [-0.39, 0.29) is 12.1 Å². The average Bonchev–Trinajstić information content (AvgIpc) is 3.09. The Hall–Kier alpha value is -1.35. The molecule has 80 valence electrons. The van der Waals surface area contributed by atoms with Crippen LogP contribution in [0.15, 0.2) is 24.3 Å². The molecular formula is C12H14O3. The van der Waals surface area contributed by atoms with Crippen LogP contribution in [-0.4, -0.2) is 25.3 Å². The van der Waals surface area contributed by atoms with Gasteiger partial charge in [-0.1, -0.05) is 25.1 Å². The lowest BCUT2D eigenvalue weighted by Crippen LogP contribution is -2.11. The van der Waals surface area contributed by atoms with Crippen molar-refractivity contribution in [1.29, 1.82) is 0 Å². The predicted octanol–water partition coefficient (Wildman–Crippen LogP) is 1.80. The van der Waals surface area contributed by atoms with Gasteiger partial charge in [0.1, 0.15) is 12.7 Å². The second-order valence-corrected chi connectivity index (χ2v) is 3.56.